The van der Waals surface area contributed by atoms with E-state index in [9.17, 15) is 9.59 Å². The van der Waals surface area contributed by atoms with Crippen molar-refractivity contribution in [3.05, 3.63) is 36.0 Å². The summed E-state index contributed by atoms with van der Waals surface area (Å²) < 4.78 is 6.77. The van der Waals surface area contributed by atoms with Crippen molar-refractivity contribution in [3.63, 3.8) is 0 Å². The summed E-state index contributed by atoms with van der Waals surface area (Å²) in [5.74, 6) is -1.05. The van der Waals surface area contributed by atoms with Crippen LogP contribution in [-0.4, -0.2) is 33.4 Å². The zero-order chi connectivity index (χ0) is 16.5. The standard InChI is InChI=1S/C16H20N2O4/c1-16(2,3)22-15(21)18-8-7-11-10(5-4-6-13(11)18)9-12(17)14(19)20/h4-8,12H,9,17H2,1-3H3,(H,19,20)/t12-/m0/s1. The van der Waals surface area contributed by atoms with Crippen molar-refractivity contribution in [1.29, 1.82) is 0 Å². The number of ether oxygens (including phenoxy) is 1. The molecule has 0 aliphatic carbocycles. The topological polar surface area (TPSA) is 94.5 Å². The first-order valence-corrected chi connectivity index (χ1v) is 7.00. The molecule has 0 bridgehead atoms. The third-order valence-electron chi connectivity index (χ3n) is 3.17. The monoisotopic (exact) mass is 304 g/mol. The van der Waals surface area contributed by atoms with Crippen LogP contribution in [0.1, 0.15) is 26.3 Å². The summed E-state index contributed by atoms with van der Waals surface area (Å²) in [4.78, 5) is 23.1. The lowest BCUT2D eigenvalue weighted by molar-refractivity contribution is -0.138. The lowest BCUT2D eigenvalue weighted by Gasteiger charge is -2.19. The summed E-state index contributed by atoms with van der Waals surface area (Å²) in [5.41, 5.74) is 6.46. The van der Waals surface area contributed by atoms with Gasteiger partial charge in [0, 0.05) is 11.6 Å². The van der Waals surface area contributed by atoms with Crippen molar-refractivity contribution >= 4 is 23.0 Å². The normalized spacial score (nSPS) is 13.1. The Balaban J connectivity index is 2.37. The molecule has 0 unspecified atom stereocenters. The number of aliphatic carboxylic acids is 1. The number of rotatable bonds is 3. The van der Waals surface area contributed by atoms with Crippen molar-refractivity contribution < 1.29 is 19.4 Å². The molecule has 6 heteroatoms. The number of carbonyl (C=O) groups is 2. The van der Waals surface area contributed by atoms with E-state index in [1.54, 1.807) is 45.2 Å². The second-order valence-corrected chi connectivity index (χ2v) is 6.16. The SMILES string of the molecule is CC(C)(C)OC(=O)n1ccc2c(C[C@H](N)C(=O)O)cccc21. The quantitative estimate of drug-likeness (QED) is 0.907. The van der Waals surface area contributed by atoms with E-state index in [2.05, 4.69) is 0 Å². The molecule has 118 valence electrons. The lowest BCUT2D eigenvalue weighted by atomic mass is 10.0. The number of benzene rings is 1. The second-order valence-electron chi connectivity index (χ2n) is 6.16. The van der Waals surface area contributed by atoms with Crippen molar-refractivity contribution in [2.75, 3.05) is 0 Å². The van der Waals surface area contributed by atoms with Gasteiger partial charge in [-0.15, -0.1) is 0 Å². The van der Waals surface area contributed by atoms with Crippen LogP contribution in [-0.2, 0) is 16.0 Å². The van der Waals surface area contributed by atoms with E-state index in [0.29, 0.717) is 5.52 Å². The average Bonchev–Trinajstić information content (AvgIpc) is 2.81. The van der Waals surface area contributed by atoms with Gasteiger partial charge in [-0.25, -0.2) is 4.79 Å². The molecule has 1 aromatic carbocycles. The minimum absolute atomic E-state index is 0.199. The second kappa shape index (κ2) is 5.81. The Labute approximate surface area is 128 Å². The van der Waals surface area contributed by atoms with Crippen LogP contribution < -0.4 is 5.73 Å². The van der Waals surface area contributed by atoms with Gasteiger partial charge >= 0.3 is 12.1 Å². The van der Waals surface area contributed by atoms with Gasteiger partial charge in [-0.2, -0.15) is 0 Å². The van der Waals surface area contributed by atoms with Gasteiger partial charge in [0.2, 0.25) is 0 Å². The molecule has 0 fully saturated rings. The number of hydrogen-bond acceptors (Lipinski definition) is 4. The molecule has 1 aromatic heterocycles. The Hall–Kier alpha value is -2.34. The molecule has 22 heavy (non-hydrogen) atoms. The van der Waals surface area contributed by atoms with E-state index >= 15 is 0 Å². The van der Waals surface area contributed by atoms with Crippen LogP contribution in [0.15, 0.2) is 30.5 Å². The predicted octanol–water partition coefficient (Wildman–Crippen LogP) is 2.38. The first kappa shape index (κ1) is 16.0. The number of nitrogens with zero attached hydrogens (tertiary/aromatic N) is 1. The number of aromatic nitrogens is 1. The predicted molar refractivity (Wildman–Crippen MR) is 82.9 cm³/mol. The molecule has 0 spiro atoms. The summed E-state index contributed by atoms with van der Waals surface area (Å²) in [7, 11) is 0. The van der Waals surface area contributed by atoms with Gasteiger partial charge < -0.3 is 15.6 Å². The Morgan fingerprint density at radius 3 is 2.59 bits per heavy atom. The first-order valence-electron chi connectivity index (χ1n) is 7.00. The zero-order valence-corrected chi connectivity index (χ0v) is 12.9. The van der Waals surface area contributed by atoms with Gasteiger partial charge in [0.05, 0.1) is 5.52 Å². The highest BCUT2D eigenvalue weighted by atomic mass is 16.6. The van der Waals surface area contributed by atoms with Crippen molar-refractivity contribution in [2.45, 2.75) is 38.8 Å². The van der Waals surface area contributed by atoms with Crippen LogP contribution in [0.3, 0.4) is 0 Å². The molecule has 0 saturated heterocycles. The summed E-state index contributed by atoms with van der Waals surface area (Å²) in [5, 5.41) is 9.73. The number of fused-ring (bicyclic) bond motifs is 1. The van der Waals surface area contributed by atoms with Gasteiger partial charge in [-0.1, -0.05) is 12.1 Å². The van der Waals surface area contributed by atoms with Crippen LogP contribution in [0.25, 0.3) is 10.9 Å². The maximum atomic E-state index is 12.2. The van der Waals surface area contributed by atoms with Crippen molar-refractivity contribution in [1.82, 2.24) is 4.57 Å². The molecule has 6 nitrogen and oxygen atoms in total. The van der Waals surface area contributed by atoms with Crippen LogP contribution in [0.2, 0.25) is 0 Å². The Morgan fingerprint density at radius 1 is 1.32 bits per heavy atom. The lowest BCUT2D eigenvalue weighted by Crippen LogP contribution is -2.32. The Bertz CT molecular complexity index is 712. The third-order valence-corrected chi connectivity index (χ3v) is 3.17. The zero-order valence-electron chi connectivity index (χ0n) is 12.9. The fraction of sp³-hybridized carbons (Fsp3) is 0.375. The average molecular weight is 304 g/mol. The summed E-state index contributed by atoms with van der Waals surface area (Å²) in [6.45, 7) is 5.40. The third kappa shape index (κ3) is 3.46. The van der Waals surface area contributed by atoms with Gasteiger partial charge in [-0.3, -0.25) is 9.36 Å². The van der Waals surface area contributed by atoms with Gasteiger partial charge in [0.25, 0.3) is 0 Å². The van der Waals surface area contributed by atoms with Crippen LogP contribution in [0.4, 0.5) is 4.79 Å². The largest absolute Gasteiger partial charge is 0.480 e. The maximum absolute atomic E-state index is 12.2. The molecule has 0 radical (unpaired) electrons. The number of carbonyl (C=O) groups excluding carboxylic acids is 1. The number of nitrogens with two attached hydrogens (primary N) is 1. The maximum Gasteiger partial charge on any atom is 0.418 e. The summed E-state index contributed by atoms with van der Waals surface area (Å²) in [6, 6.07) is 6.16. The van der Waals surface area contributed by atoms with Crippen LogP contribution in [0.5, 0.6) is 0 Å². The van der Waals surface area contributed by atoms with Crippen LogP contribution in [0, 0.1) is 0 Å². The molecule has 0 saturated carbocycles. The molecule has 0 amide bonds. The highest BCUT2D eigenvalue weighted by Gasteiger charge is 2.20. The molecule has 0 aliphatic rings. The molecule has 0 aliphatic heterocycles. The minimum Gasteiger partial charge on any atom is -0.480 e. The van der Waals surface area contributed by atoms with Crippen molar-refractivity contribution in [2.24, 2.45) is 5.73 Å². The van der Waals surface area contributed by atoms with Gasteiger partial charge in [-0.05, 0) is 44.9 Å². The molecule has 3 N–H and O–H groups in total. The molecule has 1 atom stereocenters. The highest BCUT2D eigenvalue weighted by Crippen LogP contribution is 2.22. The Morgan fingerprint density at radius 2 is 2.00 bits per heavy atom. The molecule has 2 rings (SSSR count). The molecular formula is C16H20N2O4. The molecular weight excluding hydrogens is 284 g/mol. The van der Waals surface area contributed by atoms with Gasteiger partial charge in [0.15, 0.2) is 0 Å². The van der Waals surface area contributed by atoms with Crippen LogP contribution >= 0.6 is 0 Å². The smallest absolute Gasteiger partial charge is 0.418 e. The van der Waals surface area contributed by atoms with E-state index in [0.717, 1.165) is 10.9 Å². The summed E-state index contributed by atoms with van der Waals surface area (Å²) >= 11 is 0. The molecule has 2 aromatic rings. The first-order chi connectivity index (χ1) is 10.2. The summed E-state index contributed by atoms with van der Waals surface area (Å²) in [6.07, 6.45) is 1.35. The van der Waals surface area contributed by atoms with Gasteiger partial charge in [0.1, 0.15) is 11.6 Å². The fourth-order valence-electron chi connectivity index (χ4n) is 2.20. The van der Waals surface area contributed by atoms with E-state index < -0.39 is 23.7 Å². The Kier molecular flexibility index (Phi) is 4.23. The molecule has 1 heterocycles. The van der Waals surface area contributed by atoms with E-state index in [1.807, 2.05) is 6.07 Å². The number of carboxylic acids is 1. The highest BCUT2D eigenvalue weighted by molar-refractivity contribution is 5.92. The minimum atomic E-state index is -1.05. The van der Waals surface area contributed by atoms with E-state index in [-0.39, 0.29) is 6.42 Å². The van der Waals surface area contributed by atoms with E-state index in [4.69, 9.17) is 15.6 Å². The van der Waals surface area contributed by atoms with E-state index in [1.165, 1.54) is 4.57 Å². The van der Waals surface area contributed by atoms with Crippen molar-refractivity contribution in [3.8, 4) is 0 Å². The fourth-order valence-corrected chi connectivity index (χ4v) is 2.20. The number of carboxylic acid groups (broad SMARTS) is 1. The number of hydrogen-bond donors (Lipinski definition) is 2.